The number of carbonyl (C=O) groups is 2. The quantitative estimate of drug-likeness (QED) is 0.767. The van der Waals surface area contributed by atoms with Gasteiger partial charge in [-0.3, -0.25) is 9.59 Å². The molecule has 90 valence electrons. The third kappa shape index (κ3) is 2.30. The normalized spacial score (nSPS) is 19.5. The third-order valence-corrected chi connectivity index (χ3v) is 2.98. The molecule has 1 fully saturated rings. The highest BCUT2D eigenvalue weighted by Gasteiger charge is 2.35. The number of hydrogen-bond acceptors (Lipinski definition) is 2. The molecule has 1 unspecified atom stereocenters. The Morgan fingerprint density at radius 1 is 1.29 bits per heavy atom. The van der Waals surface area contributed by atoms with Crippen molar-refractivity contribution in [3.8, 4) is 0 Å². The maximum atomic E-state index is 11.9. The lowest BCUT2D eigenvalue weighted by Crippen LogP contribution is -2.32. The van der Waals surface area contributed by atoms with Gasteiger partial charge in [0.1, 0.15) is 0 Å². The van der Waals surface area contributed by atoms with Crippen LogP contribution in [0.25, 0.3) is 0 Å². The zero-order valence-electron chi connectivity index (χ0n) is 10.1. The minimum atomic E-state index is -0.210. The van der Waals surface area contributed by atoms with Crippen LogP contribution in [0.2, 0.25) is 0 Å². The molecular weight excluding hydrogens is 216 g/mol. The van der Waals surface area contributed by atoms with Crippen LogP contribution < -0.4 is 4.90 Å². The van der Waals surface area contributed by atoms with Crippen LogP contribution in [-0.2, 0) is 9.59 Å². The Morgan fingerprint density at radius 3 is 2.53 bits per heavy atom. The fourth-order valence-corrected chi connectivity index (χ4v) is 2.10. The van der Waals surface area contributed by atoms with Gasteiger partial charge < -0.3 is 9.80 Å². The molecule has 2 rings (SSSR count). The topological polar surface area (TPSA) is 40.6 Å². The lowest BCUT2D eigenvalue weighted by Gasteiger charge is -2.18. The zero-order valence-corrected chi connectivity index (χ0v) is 10.1. The molecule has 17 heavy (non-hydrogen) atoms. The predicted octanol–water partition coefficient (Wildman–Crippen LogP) is 1.13. The van der Waals surface area contributed by atoms with Crippen molar-refractivity contribution in [2.24, 2.45) is 5.92 Å². The summed E-state index contributed by atoms with van der Waals surface area (Å²) >= 11 is 0. The van der Waals surface area contributed by atoms with E-state index in [9.17, 15) is 9.59 Å². The first kappa shape index (κ1) is 11.6. The Labute approximate surface area is 101 Å². The van der Waals surface area contributed by atoms with Gasteiger partial charge in [0.15, 0.2) is 0 Å². The molecule has 0 radical (unpaired) electrons. The van der Waals surface area contributed by atoms with Crippen LogP contribution in [-0.4, -0.2) is 37.4 Å². The SMILES string of the molecule is CN(C)C(=O)C1CC(=O)N(c2ccccc2)C1. The number of anilines is 1. The van der Waals surface area contributed by atoms with Crippen molar-refractivity contribution >= 4 is 17.5 Å². The van der Waals surface area contributed by atoms with Crippen molar-refractivity contribution in [1.82, 2.24) is 4.90 Å². The van der Waals surface area contributed by atoms with Gasteiger partial charge in [0, 0.05) is 32.7 Å². The van der Waals surface area contributed by atoms with E-state index < -0.39 is 0 Å². The van der Waals surface area contributed by atoms with E-state index in [0.29, 0.717) is 13.0 Å². The van der Waals surface area contributed by atoms with Gasteiger partial charge in [0.2, 0.25) is 11.8 Å². The number of benzene rings is 1. The van der Waals surface area contributed by atoms with Crippen molar-refractivity contribution < 1.29 is 9.59 Å². The summed E-state index contributed by atoms with van der Waals surface area (Å²) in [5, 5.41) is 0. The summed E-state index contributed by atoms with van der Waals surface area (Å²) in [5.74, 6) is -0.161. The van der Waals surface area contributed by atoms with E-state index in [2.05, 4.69) is 0 Å². The first-order valence-corrected chi connectivity index (χ1v) is 5.66. The minimum absolute atomic E-state index is 0.0244. The van der Waals surface area contributed by atoms with Crippen molar-refractivity contribution in [3.63, 3.8) is 0 Å². The van der Waals surface area contributed by atoms with Gasteiger partial charge in [0.25, 0.3) is 0 Å². The molecule has 0 aliphatic carbocycles. The number of para-hydroxylation sites is 1. The van der Waals surface area contributed by atoms with Gasteiger partial charge in [-0.25, -0.2) is 0 Å². The number of carbonyl (C=O) groups excluding carboxylic acids is 2. The first-order chi connectivity index (χ1) is 8.09. The van der Waals surface area contributed by atoms with E-state index >= 15 is 0 Å². The summed E-state index contributed by atoms with van der Waals surface area (Å²) in [6, 6.07) is 9.47. The monoisotopic (exact) mass is 232 g/mol. The van der Waals surface area contributed by atoms with Gasteiger partial charge in [0.05, 0.1) is 5.92 Å². The highest BCUT2D eigenvalue weighted by atomic mass is 16.2. The summed E-state index contributed by atoms with van der Waals surface area (Å²) in [4.78, 5) is 26.9. The Kier molecular flexibility index (Phi) is 3.13. The van der Waals surface area contributed by atoms with Crippen molar-refractivity contribution in [1.29, 1.82) is 0 Å². The van der Waals surface area contributed by atoms with E-state index in [1.54, 1.807) is 23.9 Å². The molecule has 1 aliphatic heterocycles. The first-order valence-electron chi connectivity index (χ1n) is 5.66. The fourth-order valence-electron chi connectivity index (χ4n) is 2.10. The molecule has 1 aromatic rings. The molecule has 4 nitrogen and oxygen atoms in total. The van der Waals surface area contributed by atoms with Crippen LogP contribution >= 0.6 is 0 Å². The number of nitrogens with zero attached hydrogens (tertiary/aromatic N) is 2. The number of rotatable bonds is 2. The highest BCUT2D eigenvalue weighted by molar-refractivity contribution is 6.00. The Hall–Kier alpha value is -1.84. The standard InChI is InChI=1S/C13H16N2O2/c1-14(2)13(17)10-8-12(16)15(9-10)11-6-4-3-5-7-11/h3-7,10H,8-9H2,1-2H3. The largest absolute Gasteiger partial charge is 0.349 e. The van der Waals surface area contributed by atoms with Crippen molar-refractivity contribution in [3.05, 3.63) is 30.3 Å². The molecule has 2 amide bonds. The molecule has 1 aromatic carbocycles. The van der Waals surface area contributed by atoms with Gasteiger partial charge in [-0.05, 0) is 12.1 Å². The smallest absolute Gasteiger partial charge is 0.227 e. The fraction of sp³-hybridized carbons (Fsp3) is 0.385. The van der Waals surface area contributed by atoms with Crippen LogP contribution in [0.4, 0.5) is 5.69 Å². The molecule has 1 heterocycles. The lowest BCUT2D eigenvalue weighted by molar-refractivity contribution is -0.133. The molecule has 4 heteroatoms. The number of amides is 2. The Bertz CT molecular complexity index is 428. The van der Waals surface area contributed by atoms with Crippen LogP contribution in [0, 0.1) is 5.92 Å². The molecule has 0 aromatic heterocycles. The third-order valence-electron chi connectivity index (χ3n) is 2.98. The lowest BCUT2D eigenvalue weighted by atomic mass is 10.1. The number of hydrogen-bond donors (Lipinski definition) is 0. The molecule has 1 aliphatic rings. The summed E-state index contributed by atoms with van der Waals surface area (Å²) in [5.41, 5.74) is 0.867. The molecule has 0 bridgehead atoms. The average Bonchev–Trinajstić information content (AvgIpc) is 2.71. The van der Waals surface area contributed by atoms with Gasteiger partial charge >= 0.3 is 0 Å². The van der Waals surface area contributed by atoms with Crippen LogP contribution in [0.5, 0.6) is 0 Å². The van der Waals surface area contributed by atoms with E-state index in [-0.39, 0.29) is 17.7 Å². The van der Waals surface area contributed by atoms with Crippen molar-refractivity contribution in [2.45, 2.75) is 6.42 Å². The second-order valence-electron chi connectivity index (χ2n) is 4.47. The van der Waals surface area contributed by atoms with E-state index in [0.717, 1.165) is 5.69 Å². The molecule has 0 N–H and O–H groups in total. The van der Waals surface area contributed by atoms with Crippen molar-refractivity contribution in [2.75, 3.05) is 25.5 Å². The predicted molar refractivity (Wildman–Crippen MR) is 65.6 cm³/mol. The summed E-state index contributed by atoms with van der Waals surface area (Å²) in [6.45, 7) is 0.486. The summed E-state index contributed by atoms with van der Waals surface area (Å²) in [6.07, 6.45) is 0.311. The van der Waals surface area contributed by atoms with E-state index in [1.165, 1.54) is 0 Å². The maximum absolute atomic E-state index is 11.9. The highest BCUT2D eigenvalue weighted by Crippen LogP contribution is 2.25. The minimum Gasteiger partial charge on any atom is -0.349 e. The van der Waals surface area contributed by atoms with E-state index in [4.69, 9.17) is 0 Å². The Morgan fingerprint density at radius 2 is 1.94 bits per heavy atom. The van der Waals surface area contributed by atoms with Gasteiger partial charge in [-0.2, -0.15) is 0 Å². The van der Waals surface area contributed by atoms with Crippen LogP contribution in [0.1, 0.15) is 6.42 Å². The second-order valence-corrected chi connectivity index (χ2v) is 4.47. The summed E-state index contributed by atoms with van der Waals surface area (Å²) in [7, 11) is 3.44. The molecule has 1 saturated heterocycles. The zero-order chi connectivity index (χ0) is 12.4. The van der Waals surface area contributed by atoms with Crippen LogP contribution in [0.3, 0.4) is 0 Å². The molecule has 1 atom stereocenters. The maximum Gasteiger partial charge on any atom is 0.227 e. The Balaban J connectivity index is 2.14. The van der Waals surface area contributed by atoms with Gasteiger partial charge in [-0.15, -0.1) is 0 Å². The van der Waals surface area contributed by atoms with Crippen LogP contribution in [0.15, 0.2) is 30.3 Å². The molecule has 0 spiro atoms. The second kappa shape index (κ2) is 4.57. The van der Waals surface area contributed by atoms with Gasteiger partial charge in [-0.1, -0.05) is 18.2 Å². The molecule has 0 saturated carbocycles. The van der Waals surface area contributed by atoms with E-state index in [1.807, 2.05) is 30.3 Å². The summed E-state index contributed by atoms with van der Waals surface area (Å²) < 4.78 is 0. The molecular formula is C13H16N2O2. The average molecular weight is 232 g/mol.